The lowest BCUT2D eigenvalue weighted by molar-refractivity contribution is -0.156. The number of likely N-dealkylation sites (N-methyl/N-ethyl adjacent to an activating group) is 1. The maximum atomic E-state index is 11.3. The predicted molar refractivity (Wildman–Crippen MR) is 60.3 cm³/mol. The highest BCUT2D eigenvalue weighted by atomic mass is 35.5. The quantitative estimate of drug-likeness (QED) is 0.805. The average molecular weight is 242 g/mol. The lowest BCUT2D eigenvalue weighted by Gasteiger charge is -2.24. The number of halogens is 1. The fourth-order valence-corrected chi connectivity index (χ4v) is 1.64. The van der Waals surface area contributed by atoms with Crippen LogP contribution in [0.1, 0.15) is 18.5 Å². The van der Waals surface area contributed by atoms with Crippen LogP contribution in [-0.2, 0) is 9.59 Å². The molecule has 0 spiro atoms. The lowest BCUT2D eigenvalue weighted by Crippen LogP contribution is -2.35. The second-order valence-corrected chi connectivity index (χ2v) is 3.83. The number of carbonyl (C=O) groups is 2. The number of hydrogen-bond acceptors (Lipinski definition) is 2. The third-order valence-corrected chi connectivity index (χ3v) is 2.78. The van der Waals surface area contributed by atoms with Crippen LogP contribution >= 0.6 is 11.6 Å². The van der Waals surface area contributed by atoms with Gasteiger partial charge in [-0.05, 0) is 18.6 Å². The number of hydrogen-bond donors (Lipinski definition) is 1. The molecule has 0 fully saturated rings. The van der Waals surface area contributed by atoms with Gasteiger partial charge in [0.15, 0.2) is 0 Å². The Kier molecular flexibility index (Phi) is 3.90. The van der Waals surface area contributed by atoms with Crippen LogP contribution in [0.5, 0.6) is 0 Å². The molecule has 0 bridgehead atoms. The molecule has 1 unspecified atom stereocenters. The highest BCUT2D eigenvalue weighted by Gasteiger charge is 2.23. The fraction of sp³-hybridized carbons (Fsp3) is 0.273. The van der Waals surface area contributed by atoms with E-state index in [-0.39, 0.29) is 6.04 Å². The second-order valence-electron chi connectivity index (χ2n) is 3.42. The third kappa shape index (κ3) is 2.52. The van der Waals surface area contributed by atoms with Crippen LogP contribution in [0, 0.1) is 0 Å². The molecule has 0 aliphatic rings. The summed E-state index contributed by atoms with van der Waals surface area (Å²) in [4.78, 5) is 22.9. The van der Waals surface area contributed by atoms with E-state index in [1.807, 2.05) is 0 Å². The van der Waals surface area contributed by atoms with Gasteiger partial charge in [-0.15, -0.1) is 0 Å². The lowest BCUT2D eigenvalue weighted by atomic mass is 10.1. The van der Waals surface area contributed by atoms with Crippen LogP contribution < -0.4 is 0 Å². The highest BCUT2D eigenvalue weighted by Crippen LogP contribution is 2.26. The van der Waals surface area contributed by atoms with E-state index in [1.165, 1.54) is 7.05 Å². The van der Waals surface area contributed by atoms with Crippen molar-refractivity contribution >= 4 is 23.5 Å². The zero-order valence-electron chi connectivity index (χ0n) is 8.98. The number of carboxylic acid groups (broad SMARTS) is 1. The topological polar surface area (TPSA) is 57.6 Å². The van der Waals surface area contributed by atoms with Gasteiger partial charge in [0.05, 0.1) is 6.04 Å². The Morgan fingerprint density at radius 1 is 1.38 bits per heavy atom. The minimum Gasteiger partial charge on any atom is -0.474 e. The van der Waals surface area contributed by atoms with Gasteiger partial charge in [-0.1, -0.05) is 29.8 Å². The first-order valence-corrected chi connectivity index (χ1v) is 5.07. The van der Waals surface area contributed by atoms with Gasteiger partial charge < -0.3 is 10.0 Å². The monoisotopic (exact) mass is 241 g/mol. The molecular formula is C11H12ClNO3. The summed E-state index contributed by atoms with van der Waals surface area (Å²) in [5.41, 5.74) is 0.723. The summed E-state index contributed by atoms with van der Waals surface area (Å²) in [5, 5.41) is 9.11. The van der Waals surface area contributed by atoms with Gasteiger partial charge in [-0.2, -0.15) is 0 Å². The Bertz CT molecular complexity index is 419. The van der Waals surface area contributed by atoms with E-state index in [0.29, 0.717) is 5.02 Å². The number of carboxylic acids is 1. The molecule has 0 saturated heterocycles. The van der Waals surface area contributed by atoms with Crippen LogP contribution in [0.2, 0.25) is 5.02 Å². The van der Waals surface area contributed by atoms with Crippen LogP contribution in [0.4, 0.5) is 0 Å². The minimum atomic E-state index is -1.47. The van der Waals surface area contributed by atoms with E-state index in [1.54, 1.807) is 31.2 Å². The van der Waals surface area contributed by atoms with Crippen LogP contribution in [0.25, 0.3) is 0 Å². The molecule has 86 valence electrons. The van der Waals surface area contributed by atoms with Crippen molar-refractivity contribution in [2.75, 3.05) is 7.05 Å². The molecule has 1 atom stereocenters. The molecule has 16 heavy (non-hydrogen) atoms. The number of aliphatic carboxylic acids is 1. The summed E-state index contributed by atoms with van der Waals surface area (Å²) in [6.07, 6.45) is 0. The first kappa shape index (κ1) is 12.5. The molecule has 0 aliphatic carbocycles. The van der Waals surface area contributed by atoms with Gasteiger partial charge >= 0.3 is 11.9 Å². The van der Waals surface area contributed by atoms with Crippen molar-refractivity contribution in [3.8, 4) is 0 Å². The van der Waals surface area contributed by atoms with E-state index < -0.39 is 11.9 Å². The van der Waals surface area contributed by atoms with Gasteiger partial charge in [0, 0.05) is 12.1 Å². The molecule has 1 N–H and O–H groups in total. The number of amides is 1. The van der Waals surface area contributed by atoms with Gasteiger partial charge in [-0.3, -0.25) is 4.79 Å². The highest BCUT2D eigenvalue weighted by molar-refractivity contribution is 6.32. The maximum Gasteiger partial charge on any atom is 0.394 e. The van der Waals surface area contributed by atoms with E-state index >= 15 is 0 Å². The first-order valence-electron chi connectivity index (χ1n) is 4.69. The molecule has 4 nitrogen and oxygen atoms in total. The molecule has 0 heterocycles. The Hall–Kier alpha value is -1.55. The third-order valence-electron chi connectivity index (χ3n) is 2.44. The summed E-state index contributed by atoms with van der Waals surface area (Å²) >= 11 is 5.96. The molecule has 1 aromatic rings. The number of benzene rings is 1. The zero-order valence-corrected chi connectivity index (χ0v) is 9.73. The van der Waals surface area contributed by atoms with Gasteiger partial charge in [0.1, 0.15) is 0 Å². The number of nitrogens with zero attached hydrogens (tertiary/aromatic N) is 1. The van der Waals surface area contributed by atoms with E-state index in [9.17, 15) is 9.59 Å². The van der Waals surface area contributed by atoms with E-state index in [4.69, 9.17) is 16.7 Å². The molecule has 0 saturated carbocycles. The van der Waals surface area contributed by atoms with Crippen molar-refractivity contribution in [1.29, 1.82) is 0 Å². The summed E-state index contributed by atoms with van der Waals surface area (Å²) in [6, 6.07) is 6.65. The smallest absolute Gasteiger partial charge is 0.394 e. The Labute approximate surface area is 98.4 Å². The fourth-order valence-electron chi connectivity index (χ4n) is 1.35. The number of carbonyl (C=O) groups excluding carboxylic acids is 1. The summed E-state index contributed by atoms with van der Waals surface area (Å²) in [7, 11) is 1.43. The molecule has 0 aromatic heterocycles. The maximum absolute atomic E-state index is 11.3. The van der Waals surface area contributed by atoms with E-state index in [2.05, 4.69) is 0 Å². The van der Waals surface area contributed by atoms with Crippen molar-refractivity contribution in [3.63, 3.8) is 0 Å². The molecular weight excluding hydrogens is 230 g/mol. The standard InChI is InChI=1S/C11H12ClNO3/c1-7(13(2)10(14)11(15)16)8-5-3-4-6-9(8)12/h3-7H,1-2H3,(H,15,16). The average Bonchev–Trinajstić information content (AvgIpc) is 2.26. The van der Waals surface area contributed by atoms with Crippen molar-refractivity contribution in [2.24, 2.45) is 0 Å². The summed E-state index contributed by atoms with van der Waals surface area (Å²) in [5.74, 6) is -2.42. The molecule has 0 radical (unpaired) electrons. The van der Waals surface area contributed by atoms with Crippen molar-refractivity contribution in [3.05, 3.63) is 34.9 Å². The first-order chi connectivity index (χ1) is 7.45. The molecule has 1 amide bonds. The normalized spacial score (nSPS) is 11.9. The van der Waals surface area contributed by atoms with Crippen LogP contribution in [-0.4, -0.2) is 28.9 Å². The molecule has 5 heteroatoms. The van der Waals surface area contributed by atoms with Crippen LogP contribution in [0.3, 0.4) is 0 Å². The summed E-state index contributed by atoms with van der Waals surface area (Å²) in [6.45, 7) is 1.72. The predicted octanol–water partition coefficient (Wildman–Crippen LogP) is 1.94. The van der Waals surface area contributed by atoms with Crippen LogP contribution in [0.15, 0.2) is 24.3 Å². The van der Waals surface area contributed by atoms with Gasteiger partial charge in [-0.25, -0.2) is 4.79 Å². The second kappa shape index (κ2) is 4.99. The number of rotatable bonds is 2. The molecule has 0 aliphatic heterocycles. The molecule has 1 rings (SSSR count). The zero-order chi connectivity index (χ0) is 12.3. The van der Waals surface area contributed by atoms with Gasteiger partial charge in [0.25, 0.3) is 0 Å². The van der Waals surface area contributed by atoms with Crippen molar-refractivity contribution in [1.82, 2.24) is 4.90 Å². The van der Waals surface area contributed by atoms with Crippen molar-refractivity contribution in [2.45, 2.75) is 13.0 Å². The Morgan fingerprint density at radius 3 is 2.44 bits per heavy atom. The Balaban J connectivity index is 2.94. The Morgan fingerprint density at radius 2 is 1.94 bits per heavy atom. The summed E-state index contributed by atoms with van der Waals surface area (Å²) < 4.78 is 0. The largest absolute Gasteiger partial charge is 0.474 e. The molecule has 1 aromatic carbocycles. The van der Waals surface area contributed by atoms with E-state index in [0.717, 1.165) is 10.5 Å². The SMILES string of the molecule is CC(c1ccccc1Cl)N(C)C(=O)C(=O)O. The van der Waals surface area contributed by atoms with Crippen molar-refractivity contribution < 1.29 is 14.7 Å². The van der Waals surface area contributed by atoms with Gasteiger partial charge in [0.2, 0.25) is 0 Å². The minimum absolute atomic E-state index is 0.378.